The molecule has 1 aliphatic heterocycles. The normalized spacial score (nSPS) is 19.2. The van der Waals surface area contributed by atoms with E-state index < -0.39 is 0 Å². The molecule has 0 bridgehead atoms. The van der Waals surface area contributed by atoms with E-state index in [0.29, 0.717) is 12.1 Å². The highest BCUT2D eigenvalue weighted by atomic mass is 15.2. The van der Waals surface area contributed by atoms with Gasteiger partial charge in [0, 0.05) is 38.4 Å². The molecule has 1 fully saturated rings. The van der Waals surface area contributed by atoms with Crippen LogP contribution in [0.5, 0.6) is 0 Å². The minimum Gasteiger partial charge on any atom is -0.378 e. The van der Waals surface area contributed by atoms with E-state index in [1.165, 1.54) is 43.6 Å². The summed E-state index contributed by atoms with van der Waals surface area (Å²) >= 11 is 0. The molecule has 1 aliphatic rings. The quantitative estimate of drug-likeness (QED) is 0.867. The van der Waals surface area contributed by atoms with E-state index in [4.69, 9.17) is 0 Å². The molecule has 1 aromatic carbocycles. The summed E-state index contributed by atoms with van der Waals surface area (Å²) in [6, 6.07) is 9.91. The van der Waals surface area contributed by atoms with Crippen molar-refractivity contribution in [3.8, 4) is 0 Å². The number of nitrogens with one attached hydrogen (secondary N) is 1. The number of hydrogen-bond acceptors (Lipinski definition) is 3. The fraction of sp³-hybridized carbons (Fsp3) is 0.667. The lowest BCUT2D eigenvalue weighted by molar-refractivity contribution is 0.168. The molecule has 0 amide bonds. The van der Waals surface area contributed by atoms with Crippen molar-refractivity contribution >= 4 is 5.69 Å². The molecule has 2 unspecified atom stereocenters. The Hall–Kier alpha value is -1.06. The molecule has 0 aromatic heterocycles. The molecule has 2 atom stereocenters. The molecule has 1 heterocycles. The predicted molar refractivity (Wildman–Crippen MR) is 92.1 cm³/mol. The van der Waals surface area contributed by atoms with Crippen LogP contribution in [-0.2, 0) is 0 Å². The Balaban J connectivity index is 1.81. The molecule has 0 saturated carbocycles. The number of anilines is 1. The van der Waals surface area contributed by atoms with Crippen LogP contribution in [-0.4, -0.2) is 44.7 Å². The standard InChI is InChI=1S/C18H31N3/c1-15(21-12-6-5-7-13-21)14-19-16(2)17-8-10-18(11-9-17)20(3)4/h8-11,15-16,19H,5-7,12-14H2,1-4H3. The van der Waals surface area contributed by atoms with Gasteiger partial charge in [-0.2, -0.15) is 0 Å². The van der Waals surface area contributed by atoms with Crippen LogP contribution in [0.4, 0.5) is 5.69 Å². The highest BCUT2D eigenvalue weighted by Crippen LogP contribution is 2.18. The van der Waals surface area contributed by atoms with Gasteiger partial charge in [0.15, 0.2) is 0 Å². The van der Waals surface area contributed by atoms with Crippen molar-refractivity contribution in [1.29, 1.82) is 0 Å². The third-order valence-electron chi connectivity index (χ3n) is 4.64. The van der Waals surface area contributed by atoms with Gasteiger partial charge < -0.3 is 10.2 Å². The average Bonchev–Trinajstić information content (AvgIpc) is 2.53. The van der Waals surface area contributed by atoms with E-state index in [0.717, 1.165) is 6.54 Å². The molecular formula is C18H31N3. The molecule has 3 nitrogen and oxygen atoms in total. The summed E-state index contributed by atoms with van der Waals surface area (Å²) in [6.07, 6.45) is 4.14. The van der Waals surface area contributed by atoms with Crippen LogP contribution in [0.25, 0.3) is 0 Å². The van der Waals surface area contributed by atoms with Crippen LogP contribution in [0.1, 0.15) is 44.7 Å². The Kier molecular flexibility index (Phi) is 6.07. The minimum atomic E-state index is 0.411. The van der Waals surface area contributed by atoms with Gasteiger partial charge in [-0.3, -0.25) is 4.90 Å². The number of likely N-dealkylation sites (tertiary alicyclic amines) is 1. The van der Waals surface area contributed by atoms with Gasteiger partial charge in [0.2, 0.25) is 0 Å². The van der Waals surface area contributed by atoms with Gasteiger partial charge in [-0.05, 0) is 57.5 Å². The van der Waals surface area contributed by atoms with E-state index in [2.05, 4.69) is 67.3 Å². The van der Waals surface area contributed by atoms with Crippen molar-refractivity contribution in [1.82, 2.24) is 10.2 Å². The van der Waals surface area contributed by atoms with Crippen LogP contribution in [0.15, 0.2) is 24.3 Å². The van der Waals surface area contributed by atoms with Crippen molar-refractivity contribution in [2.45, 2.75) is 45.2 Å². The fourth-order valence-electron chi connectivity index (χ4n) is 3.01. The second-order valence-electron chi connectivity index (χ2n) is 6.56. The zero-order valence-electron chi connectivity index (χ0n) is 14.1. The predicted octanol–water partition coefficient (Wildman–Crippen LogP) is 3.28. The molecule has 1 aromatic rings. The molecule has 3 heteroatoms. The van der Waals surface area contributed by atoms with Crippen molar-refractivity contribution in [3.05, 3.63) is 29.8 Å². The summed E-state index contributed by atoms with van der Waals surface area (Å²) < 4.78 is 0. The van der Waals surface area contributed by atoms with E-state index in [-0.39, 0.29) is 0 Å². The second kappa shape index (κ2) is 7.81. The van der Waals surface area contributed by atoms with E-state index >= 15 is 0 Å². The Morgan fingerprint density at radius 2 is 1.67 bits per heavy atom. The van der Waals surface area contributed by atoms with Gasteiger partial charge in [0.1, 0.15) is 0 Å². The number of nitrogens with zero attached hydrogens (tertiary/aromatic N) is 2. The number of rotatable bonds is 6. The fourth-order valence-corrected chi connectivity index (χ4v) is 3.01. The first kappa shape index (κ1) is 16.3. The highest BCUT2D eigenvalue weighted by molar-refractivity contribution is 5.46. The number of benzene rings is 1. The maximum absolute atomic E-state index is 3.69. The molecule has 2 rings (SSSR count). The molecule has 0 spiro atoms. The Labute approximate surface area is 130 Å². The second-order valence-corrected chi connectivity index (χ2v) is 6.56. The summed E-state index contributed by atoms with van der Waals surface area (Å²) in [4.78, 5) is 4.76. The largest absolute Gasteiger partial charge is 0.378 e. The molecule has 1 N–H and O–H groups in total. The Bertz CT molecular complexity index is 407. The minimum absolute atomic E-state index is 0.411. The molecule has 0 radical (unpaired) electrons. The van der Waals surface area contributed by atoms with Crippen molar-refractivity contribution in [2.75, 3.05) is 38.6 Å². The van der Waals surface area contributed by atoms with Gasteiger partial charge >= 0.3 is 0 Å². The topological polar surface area (TPSA) is 18.5 Å². The third kappa shape index (κ3) is 4.72. The van der Waals surface area contributed by atoms with E-state index in [9.17, 15) is 0 Å². The van der Waals surface area contributed by atoms with Crippen molar-refractivity contribution < 1.29 is 0 Å². The first-order valence-corrected chi connectivity index (χ1v) is 8.32. The SMILES string of the molecule is CC(NCC(C)N1CCCCC1)c1ccc(N(C)C)cc1. The average molecular weight is 289 g/mol. The van der Waals surface area contributed by atoms with Crippen LogP contribution < -0.4 is 10.2 Å². The number of piperidine rings is 1. The molecule has 1 saturated heterocycles. The molecule has 21 heavy (non-hydrogen) atoms. The van der Waals surface area contributed by atoms with E-state index in [1.807, 2.05) is 0 Å². The molecular weight excluding hydrogens is 258 g/mol. The lowest BCUT2D eigenvalue weighted by Gasteiger charge is -2.33. The van der Waals surface area contributed by atoms with Gasteiger partial charge in [0.25, 0.3) is 0 Å². The zero-order chi connectivity index (χ0) is 15.2. The van der Waals surface area contributed by atoms with Crippen molar-refractivity contribution in [2.24, 2.45) is 0 Å². The maximum atomic E-state index is 3.69. The van der Waals surface area contributed by atoms with Crippen LogP contribution in [0.3, 0.4) is 0 Å². The Morgan fingerprint density at radius 3 is 2.24 bits per heavy atom. The summed E-state index contributed by atoms with van der Waals surface area (Å²) in [5.41, 5.74) is 2.62. The first-order valence-electron chi connectivity index (χ1n) is 8.32. The first-order chi connectivity index (χ1) is 10.1. The third-order valence-corrected chi connectivity index (χ3v) is 4.64. The van der Waals surface area contributed by atoms with Gasteiger partial charge in [-0.25, -0.2) is 0 Å². The highest BCUT2D eigenvalue weighted by Gasteiger charge is 2.17. The van der Waals surface area contributed by atoms with Gasteiger partial charge in [0.05, 0.1) is 0 Å². The Morgan fingerprint density at radius 1 is 1.05 bits per heavy atom. The summed E-state index contributed by atoms with van der Waals surface area (Å²) in [5.74, 6) is 0. The van der Waals surface area contributed by atoms with Crippen molar-refractivity contribution in [3.63, 3.8) is 0 Å². The summed E-state index contributed by atoms with van der Waals surface area (Å²) in [6.45, 7) is 8.22. The zero-order valence-corrected chi connectivity index (χ0v) is 14.1. The summed E-state index contributed by atoms with van der Waals surface area (Å²) in [7, 11) is 4.16. The van der Waals surface area contributed by atoms with E-state index in [1.54, 1.807) is 0 Å². The van der Waals surface area contributed by atoms with Crippen LogP contribution >= 0.6 is 0 Å². The molecule has 0 aliphatic carbocycles. The maximum Gasteiger partial charge on any atom is 0.0361 e. The lowest BCUT2D eigenvalue weighted by atomic mass is 10.1. The smallest absolute Gasteiger partial charge is 0.0361 e. The lowest BCUT2D eigenvalue weighted by Crippen LogP contribution is -2.43. The van der Waals surface area contributed by atoms with Crippen LogP contribution in [0, 0.1) is 0 Å². The molecule has 118 valence electrons. The van der Waals surface area contributed by atoms with Gasteiger partial charge in [-0.15, -0.1) is 0 Å². The monoisotopic (exact) mass is 289 g/mol. The van der Waals surface area contributed by atoms with Gasteiger partial charge in [-0.1, -0.05) is 18.6 Å². The van der Waals surface area contributed by atoms with Crippen LogP contribution in [0.2, 0.25) is 0 Å². The number of hydrogen-bond donors (Lipinski definition) is 1. The summed E-state index contributed by atoms with van der Waals surface area (Å²) in [5, 5.41) is 3.69.